The number of morpholine rings is 1. The van der Waals surface area contributed by atoms with Crippen molar-refractivity contribution in [2.45, 2.75) is 44.3 Å². The molecule has 112 valence electrons. The van der Waals surface area contributed by atoms with Crippen molar-refractivity contribution in [1.29, 1.82) is 0 Å². The Hall–Kier alpha value is -1.14. The van der Waals surface area contributed by atoms with Crippen LogP contribution in [0.5, 0.6) is 0 Å². The van der Waals surface area contributed by atoms with Gasteiger partial charge in [-0.3, -0.25) is 9.59 Å². The molecule has 2 unspecified atom stereocenters. The lowest BCUT2D eigenvalue weighted by molar-refractivity contribution is -0.146. The van der Waals surface area contributed by atoms with Crippen LogP contribution in [0, 0.1) is 0 Å². The van der Waals surface area contributed by atoms with Gasteiger partial charge in [-0.1, -0.05) is 0 Å². The van der Waals surface area contributed by atoms with E-state index in [9.17, 15) is 9.59 Å². The number of hydrogen-bond donors (Lipinski definition) is 1. The molecule has 0 aromatic carbocycles. The average molecular weight is 281 g/mol. The van der Waals surface area contributed by atoms with Crippen LogP contribution in [0.15, 0.2) is 0 Å². The summed E-state index contributed by atoms with van der Waals surface area (Å²) >= 11 is 0. The molecule has 2 heterocycles. The predicted molar refractivity (Wildman–Crippen MR) is 73.1 cm³/mol. The second-order valence-electron chi connectivity index (χ2n) is 5.93. The highest BCUT2D eigenvalue weighted by atomic mass is 16.5. The van der Waals surface area contributed by atoms with Crippen LogP contribution in [-0.2, 0) is 14.3 Å². The van der Waals surface area contributed by atoms with Crippen molar-refractivity contribution >= 4 is 11.8 Å². The summed E-state index contributed by atoms with van der Waals surface area (Å²) in [5.41, 5.74) is 0. The number of nitrogens with one attached hydrogen (secondary N) is 1. The van der Waals surface area contributed by atoms with Crippen molar-refractivity contribution in [3.8, 4) is 0 Å². The van der Waals surface area contributed by atoms with Crippen molar-refractivity contribution in [3.05, 3.63) is 0 Å². The highest BCUT2D eigenvalue weighted by molar-refractivity contribution is 5.91. The van der Waals surface area contributed by atoms with Crippen molar-refractivity contribution < 1.29 is 14.3 Å². The quantitative estimate of drug-likeness (QED) is 0.761. The van der Waals surface area contributed by atoms with Crippen LogP contribution in [0.1, 0.15) is 26.2 Å². The van der Waals surface area contributed by atoms with E-state index in [1.165, 1.54) is 12.8 Å². The van der Waals surface area contributed by atoms with Crippen LogP contribution in [0.3, 0.4) is 0 Å². The summed E-state index contributed by atoms with van der Waals surface area (Å²) in [6.07, 6.45) is 3.16. The molecule has 0 aromatic heterocycles. The molecule has 3 fully saturated rings. The fourth-order valence-electron chi connectivity index (χ4n) is 2.96. The second kappa shape index (κ2) is 5.69. The molecule has 0 spiro atoms. The molecule has 20 heavy (non-hydrogen) atoms. The summed E-state index contributed by atoms with van der Waals surface area (Å²) in [7, 11) is 0. The van der Waals surface area contributed by atoms with E-state index in [2.05, 4.69) is 5.32 Å². The maximum Gasteiger partial charge on any atom is 0.245 e. The lowest BCUT2D eigenvalue weighted by Gasteiger charge is -2.32. The van der Waals surface area contributed by atoms with Crippen LogP contribution in [-0.4, -0.2) is 72.6 Å². The number of ether oxygens (including phenoxy) is 1. The summed E-state index contributed by atoms with van der Waals surface area (Å²) in [6.45, 7) is 4.98. The Balaban J connectivity index is 1.57. The number of carbonyl (C=O) groups excluding carboxylic acids is 2. The Morgan fingerprint density at radius 3 is 2.60 bits per heavy atom. The molecule has 1 aliphatic carbocycles. The number of carbonyl (C=O) groups is 2. The van der Waals surface area contributed by atoms with Crippen molar-refractivity contribution in [2.75, 3.05) is 32.8 Å². The molecule has 3 rings (SSSR count). The molecule has 1 N–H and O–H groups in total. The normalized spacial score (nSPS) is 28.9. The minimum absolute atomic E-state index is 0.0497. The minimum atomic E-state index is -0.355. The van der Waals surface area contributed by atoms with E-state index < -0.39 is 0 Å². The molecule has 0 aromatic rings. The standard InChI is InChI=1S/C14H23N3O3/c1-10(13(18)16-6-8-20-9-7-16)17-5-4-12(14(17)19)15-11-2-3-11/h10-12,15H,2-9H2,1H3. The van der Waals surface area contributed by atoms with E-state index in [0.717, 1.165) is 6.42 Å². The Labute approximate surface area is 119 Å². The summed E-state index contributed by atoms with van der Waals surface area (Å²) in [5, 5.41) is 3.37. The summed E-state index contributed by atoms with van der Waals surface area (Å²) < 4.78 is 5.26. The van der Waals surface area contributed by atoms with Gasteiger partial charge in [0.2, 0.25) is 11.8 Å². The van der Waals surface area contributed by atoms with Gasteiger partial charge in [0.25, 0.3) is 0 Å². The zero-order valence-corrected chi connectivity index (χ0v) is 12.0. The molecule has 6 heteroatoms. The summed E-state index contributed by atoms with van der Waals surface area (Å²) in [6, 6.07) is 0.0863. The first-order valence-corrected chi connectivity index (χ1v) is 7.60. The minimum Gasteiger partial charge on any atom is -0.378 e. The van der Waals surface area contributed by atoms with Gasteiger partial charge >= 0.3 is 0 Å². The first-order valence-electron chi connectivity index (χ1n) is 7.60. The van der Waals surface area contributed by atoms with Gasteiger partial charge in [0.1, 0.15) is 6.04 Å². The van der Waals surface area contributed by atoms with Gasteiger partial charge in [-0.05, 0) is 26.2 Å². The number of rotatable bonds is 4. The first-order chi connectivity index (χ1) is 9.66. The molecule has 0 bridgehead atoms. The largest absolute Gasteiger partial charge is 0.378 e. The molecule has 1 saturated carbocycles. The maximum atomic E-state index is 12.4. The van der Waals surface area contributed by atoms with Gasteiger partial charge in [0.05, 0.1) is 19.3 Å². The van der Waals surface area contributed by atoms with Crippen LogP contribution in [0.4, 0.5) is 0 Å². The Morgan fingerprint density at radius 1 is 1.25 bits per heavy atom. The Morgan fingerprint density at radius 2 is 1.95 bits per heavy atom. The molecule has 3 aliphatic rings. The predicted octanol–water partition coefficient (Wildman–Crippen LogP) is -0.413. The lowest BCUT2D eigenvalue weighted by atomic mass is 10.2. The van der Waals surface area contributed by atoms with E-state index in [-0.39, 0.29) is 23.9 Å². The van der Waals surface area contributed by atoms with E-state index in [1.54, 1.807) is 4.90 Å². The van der Waals surface area contributed by atoms with Gasteiger partial charge < -0.3 is 19.9 Å². The fraction of sp³-hybridized carbons (Fsp3) is 0.857. The Kier molecular flexibility index (Phi) is 3.94. The van der Waals surface area contributed by atoms with Crippen LogP contribution in [0.2, 0.25) is 0 Å². The van der Waals surface area contributed by atoms with Gasteiger partial charge in [-0.25, -0.2) is 0 Å². The zero-order chi connectivity index (χ0) is 14.1. The number of likely N-dealkylation sites (tertiary alicyclic amines) is 1. The van der Waals surface area contributed by atoms with Gasteiger partial charge in [0.15, 0.2) is 0 Å². The summed E-state index contributed by atoms with van der Waals surface area (Å²) in [5.74, 6) is 0.139. The Bertz CT molecular complexity index is 391. The summed E-state index contributed by atoms with van der Waals surface area (Å²) in [4.78, 5) is 28.3. The van der Waals surface area contributed by atoms with Crippen molar-refractivity contribution in [2.24, 2.45) is 0 Å². The van der Waals surface area contributed by atoms with Gasteiger partial charge in [0, 0.05) is 25.7 Å². The lowest BCUT2D eigenvalue weighted by Crippen LogP contribution is -2.52. The van der Waals surface area contributed by atoms with E-state index in [0.29, 0.717) is 38.9 Å². The van der Waals surface area contributed by atoms with E-state index in [4.69, 9.17) is 4.74 Å². The maximum absolute atomic E-state index is 12.4. The topological polar surface area (TPSA) is 61.9 Å². The molecule has 2 saturated heterocycles. The van der Waals surface area contributed by atoms with Crippen LogP contribution >= 0.6 is 0 Å². The van der Waals surface area contributed by atoms with Crippen molar-refractivity contribution in [1.82, 2.24) is 15.1 Å². The molecule has 6 nitrogen and oxygen atoms in total. The average Bonchev–Trinajstić information content (AvgIpc) is 3.23. The third-order valence-electron chi connectivity index (χ3n) is 4.40. The third-order valence-corrected chi connectivity index (χ3v) is 4.40. The second-order valence-corrected chi connectivity index (χ2v) is 5.93. The van der Waals surface area contributed by atoms with Crippen molar-refractivity contribution in [3.63, 3.8) is 0 Å². The SMILES string of the molecule is CC(C(=O)N1CCOCC1)N1CCC(NC2CC2)C1=O. The number of amides is 2. The number of hydrogen-bond acceptors (Lipinski definition) is 4. The smallest absolute Gasteiger partial charge is 0.245 e. The van der Waals surface area contributed by atoms with Crippen LogP contribution < -0.4 is 5.32 Å². The fourth-order valence-corrected chi connectivity index (χ4v) is 2.96. The first kappa shape index (κ1) is 13.8. The molecular formula is C14H23N3O3. The highest BCUT2D eigenvalue weighted by Crippen LogP contribution is 2.23. The zero-order valence-electron chi connectivity index (χ0n) is 12.0. The van der Waals surface area contributed by atoms with Gasteiger partial charge in [-0.15, -0.1) is 0 Å². The molecular weight excluding hydrogens is 258 g/mol. The third kappa shape index (κ3) is 2.81. The molecule has 2 atom stereocenters. The molecule has 2 amide bonds. The monoisotopic (exact) mass is 281 g/mol. The van der Waals surface area contributed by atoms with E-state index in [1.807, 2.05) is 11.8 Å². The number of nitrogens with zero attached hydrogens (tertiary/aromatic N) is 2. The molecule has 2 aliphatic heterocycles. The van der Waals surface area contributed by atoms with Crippen LogP contribution in [0.25, 0.3) is 0 Å². The molecule has 0 radical (unpaired) electrons. The highest BCUT2D eigenvalue weighted by Gasteiger charge is 2.40. The van der Waals surface area contributed by atoms with Gasteiger partial charge in [-0.2, -0.15) is 0 Å². The van der Waals surface area contributed by atoms with E-state index >= 15 is 0 Å².